The van der Waals surface area contributed by atoms with Crippen LogP contribution in [0.1, 0.15) is 31.4 Å². The molecule has 5 nitrogen and oxygen atoms in total. The van der Waals surface area contributed by atoms with Crippen LogP contribution >= 0.6 is 0 Å². The van der Waals surface area contributed by atoms with Crippen LogP contribution in [0.3, 0.4) is 0 Å². The molecule has 1 unspecified atom stereocenters. The molecule has 25 heavy (non-hydrogen) atoms. The quantitative estimate of drug-likeness (QED) is 0.732. The van der Waals surface area contributed by atoms with Gasteiger partial charge in [-0.2, -0.15) is 13.2 Å². The molecule has 1 amide bonds. The van der Waals surface area contributed by atoms with E-state index in [1.807, 2.05) is 25.8 Å². The van der Waals surface area contributed by atoms with Gasteiger partial charge in [-0.05, 0) is 38.1 Å². The largest absolute Gasteiger partial charge is 0.483 e. The molecule has 0 bridgehead atoms. The van der Waals surface area contributed by atoms with Crippen molar-refractivity contribution >= 4 is 12.4 Å². The van der Waals surface area contributed by atoms with Crippen molar-refractivity contribution in [2.24, 2.45) is 0 Å². The number of rotatable bonds is 7. The number of nitrogens with zero attached hydrogens (tertiary/aromatic N) is 1. The fourth-order valence-corrected chi connectivity index (χ4v) is 2.27. The maximum atomic E-state index is 12.6. The highest BCUT2D eigenvalue weighted by atomic mass is 19.4. The van der Waals surface area contributed by atoms with Crippen LogP contribution in [0.2, 0.25) is 0 Å². The molecule has 2 N–H and O–H groups in total. The van der Waals surface area contributed by atoms with Gasteiger partial charge >= 0.3 is 6.18 Å². The fourth-order valence-electron chi connectivity index (χ4n) is 2.27. The minimum absolute atomic E-state index is 0.0844. The van der Waals surface area contributed by atoms with E-state index in [2.05, 4.69) is 5.32 Å². The van der Waals surface area contributed by atoms with Crippen molar-refractivity contribution in [1.82, 2.24) is 10.2 Å². The van der Waals surface area contributed by atoms with Crippen LogP contribution in [-0.4, -0.2) is 48.6 Å². The third-order valence-corrected chi connectivity index (χ3v) is 3.69. The van der Waals surface area contributed by atoms with Crippen LogP contribution < -0.4 is 5.32 Å². The molecular formula is C17H25F3N2O3. The smallest absolute Gasteiger partial charge is 0.416 e. The van der Waals surface area contributed by atoms with Gasteiger partial charge in [0.05, 0.1) is 11.6 Å². The van der Waals surface area contributed by atoms with E-state index in [1.165, 1.54) is 6.07 Å². The zero-order valence-electron chi connectivity index (χ0n) is 14.6. The van der Waals surface area contributed by atoms with Crippen molar-refractivity contribution < 1.29 is 27.9 Å². The number of likely N-dealkylation sites (N-methyl/N-ethyl adjacent to an activating group) is 1. The Bertz CT molecular complexity index is 536. The molecule has 142 valence electrons. The molecule has 0 aliphatic heterocycles. The molecule has 0 spiro atoms. The second-order valence-corrected chi connectivity index (χ2v) is 5.34. The highest BCUT2D eigenvalue weighted by Crippen LogP contribution is 2.29. The zero-order valence-corrected chi connectivity index (χ0v) is 14.6. The van der Waals surface area contributed by atoms with Crippen LogP contribution in [0.5, 0.6) is 0 Å². The van der Waals surface area contributed by atoms with Crippen molar-refractivity contribution in [2.45, 2.75) is 38.9 Å². The molecule has 0 aliphatic carbocycles. The third kappa shape index (κ3) is 8.53. The summed E-state index contributed by atoms with van der Waals surface area (Å²) in [5.41, 5.74) is -0.0968. The van der Waals surface area contributed by atoms with Gasteiger partial charge in [-0.25, -0.2) is 0 Å². The number of carbonyl (C=O) groups is 2. The third-order valence-electron chi connectivity index (χ3n) is 3.69. The Kier molecular flexibility index (Phi) is 10.5. The lowest BCUT2D eigenvalue weighted by atomic mass is 10.1. The standard InChI is InChI=1S/C16H23F3N2O.CH2O2/c1-4-14(21(3)5-2)15(22)20-10-9-12-7-6-8-13(11-12)16(17,18)19;2-1-3/h6-8,11,14H,4-5,9-10H2,1-3H3,(H,20,22);1H,(H,2,3). The lowest BCUT2D eigenvalue weighted by Gasteiger charge is -2.24. The summed E-state index contributed by atoms with van der Waals surface area (Å²) in [6.07, 6.45) is -3.27. The Balaban J connectivity index is 0.00000178. The Labute approximate surface area is 145 Å². The summed E-state index contributed by atoms with van der Waals surface area (Å²) in [4.78, 5) is 22.4. The fraction of sp³-hybridized carbons (Fsp3) is 0.529. The molecule has 1 aromatic carbocycles. The summed E-state index contributed by atoms with van der Waals surface area (Å²) in [6.45, 7) is 4.75. The summed E-state index contributed by atoms with van der Waals surface area (Å²) < 4.78 is 37.9. The highest BCUT2D eigenvalue weighted by molar-refractivity contribution is 5.81. The van der Waals surface area contributed by atoms with Gasteiger partial charge in [0.15, 0.2) is 0 Å². The van der Waals surface area contributed by atoms with Gasteiger partial charge in [-0.3, -0.25) is 14.5 Å². The first-order valence-electron chi connectivity index (χ1n) is 7.93. The van der Waals surface area contributed by atoms with Crippen LogP contribution in [0.15, 0.2) is 24.3 Å². The van der Waals surface area contributed by atoms with Crippen LogP contribution in [0, 0.1) is 0 Å². The molecule has 0 aromatic heterocycles. The van der Waals surface area contributed by atoms with Gasteiger partial charge in [0.1, 0.15) is 0 Å². The minimum atomic E-state index is -4.34. The molecule has 0 saturated carbocycles. The molecule has 1 atom stereocenters. The van der Waals surface area contributed by atoms with Crippen molar-refractivity contribution in [3.05, 3.63) is 35.4 Å². The van der Waals surface area contributed by atoms with Gasteiger partial charge in [-0.1, -0.05) is 32.0 Å². The maximum Gasteiger partial charge on any atom is 0.416 e. The summed E-state index contributed by atoms with van der Waals surface area (Å²) in [6, 6.07) is 5.00. The Morgan fingerprint density at radius 2 is 1.96 bits per heavy atom. The van der Waals surface area contributed by atoms with Crippen LogP contribution in [0.4, 0.5) is 13.2 Å². The van der Waals surface area contributed by atoms with Gasteiger partial charge in [0.2, 0.25) is 5.91 Å². The summed E-state index contributed by atoms with van der Waals surface area (Å²) in [7, 11) is 1.88. The maximum absolute atomic E-state index is 12.6. The van der Waals surface area contributed by atoms with E-state index in [0.29, 0.717) is 24.9 Å². The summed E-state index contributed by atoms with van der Waals surface area (Å²) in [5.74, 6) is -0.0844. The van der Waals surface area contributed by atoms with E-state index in [1.54, 1.807) is 6.07 Å². The predicted octanol–water partition coefficient (Wildman–Crippen LogP) is 2.80. The Morgan fingerprint density at radius 3 is 2.44 bits per heavy atom. The number of halogens is 3. The van der Waals surface area contributed by atoms with Gasteiger partial charge in [-0.15, -0.1) is 0 Å². The molecule has 0 radical (unpaired) electrons. The number of benzene rings is 1. The normalized spacial score (nSPS) is 12.1. The summed E-state index contributed by atoms with van der Waals surface area (Å²) >= 11 is 0. The molecule has 8 heteroatoms. The van der Waals surface area contributed by atoms with Gasteiger partial charge in [0.25, 0.3) is 6.47 Å². The average Bonchev–Trinajstić information content (AvgIpc) is 2.55. The molecule has 1 aromatic rings. The summed E-state index contributed by atoms with van der Waals surface area (Å²) in [5, 5.41) is 9.68. The van der Waals surface area contributed by atoms with E-state index in [-0.39, 0.29) is 18.4 Å². The number of amides is 1. The number of hydrogen-bond acceptors (Lipinski definition) is 3. The van der Waals surface area contributed by atoms with Crippen molar-refractivity contribution in [3.63, 3.8) is 0 Å². The number of alkyl halides is 3. The number of carbonyl (C=O) groups excluding carboxylic acids is 1. The van der Waals surface area contributed by atoms with E-state index in [9.17, 15) is 18.0 Å². The SMILES string of the molecule is CCC(C(=O)NCCc1cccc(C(F)(F)F)c1)N(C)CC.O=CO. The lowest BCUT2D eigenvalue weighted by molar-refractivity contribution is -0.137. The zero-order chi connectivity index (χ0) is 19.5. The second kappa shape index (κ2) is 11.5. The molecule has 0 aliphatic rings. The van der Waals surface area contributed by atoms with E-state index in [0.717, 1.165) is 18.7 Å². The molecule has 0 fully saturated rings. The number of nitrogens with one attached hydrogen (secondary N) is 1. The number of carboxylic acid groups (broad SMARTS) is 1. The Morgan fingerprint density at radius 1 is 1.36 bits per heavy atom. The molecular weight excluding hydrogens is 337 g/mol. The van der Waals surface area contributed by atoms with Crippen molar-refractivity contribution in [2.75, 3.05) is 20.1 Å². The molecule has 0 saturated heterocycles. The Hall–Kier alpha value is -2.09. The first-order chi connectivity index (χ1) is 11.7. The monoisotopic (exact) mass is 362 g/mol. The van der Waals surface area contributed by atoms with Crippen LogP contribution in [0.25, 0.3) is 0 Å². The second-order valence-electron chi connectivity index (χ2n) is 5.34. The topological polar surface area (TPSA) is 69.6 Å². The lowest BCUT2D eigenvalue weighted by Crippen LogP contribution is -2.45. The minimum Gasteiger partial charge on any atom is -0.483 e. The van der Waals surface area contributed by atoms with Crippen molar-refractivity contribution in [1.29, 1.82) is 0 Å². The number of hydrogen-bond donors (Lipinski definition) is 2. The first kappa shape index (κ1) is 22.9. The predicted molar refractivity (Wildman–Crippen MR) is 89.2 cm³/mol. The first-order valence-corrected chi connectivity index (χ1v) is 7.93. The average molecular weight is 362 g/mol. The van der Waals surface area contributed by atoms with Crippen LogP contribution in [-0.2, 0) is 22.2 Å². The van der Waals surface area contributed by atoms with E-state index in [4.69, 9.17) is 9.90 Å². The van der Waals surface area contributed by atoms with Crippen molar-refractivity contribution in [3.8, 4) is 0 Å². The molecule has 1 rings (SSSR count). The van der Waals surface area contributed by atoms with E-state index >= 15 is 0 Å². The highest BCUT2D eigenvalue weighted by Gasteiger charge is 2.30. The van der Waals surface area contributed by atoms with Gasteiger partial charge < -0.3 is 10.4 Å². The van der Waals surface area contributed by atoms with Gasteiger partial charge in [0, 0.05) is 6.54 Å². The van der Waals surface area contributed by atoms with E-state index < -0.39 is 11.7 Å². The molecule has 0 heterocycles.